The lowest BCUT2D eigenvalue weighted by molar-refractivity contribution is 0.306. The molecule has 0 radical (unpaired) electrons. The molecule has 0 amide bonds. The van der Waals surface area contributed by atoms with Crippen LogP contribution in [0.4, 0.5) is 0 Å². The van der Waals surface area contributed by atoms with Gasteiger partial charge in [-0.1, -0.05) is 18.6 Å². The zero-order valence-electron chi connectivity index (χ0n) is 12.3. The number of rotatable bonds is 6. The van der Waals surface area contributed by atoms with Gasteiger partial charge in [-0.3, -0.25) is 0 Å². The first kappa shape index (κ1) is 14.0. The summed E-state index contributed by atoms with van der Waals surface area (Å²) in [5.41, 5.74) is 0. The molecular formula is C18H23NS2. The normalized spacial score (nSPS) is 29.0. The van der Waals surface area contributed by atoms with Gasteiger partial charge >= 0.3 is 0 Å². The van der Waals surface area contributed by atoms with E-state index in [4.69, 9.17) is 0 Å². The molecule has 2 heterocycles. The van der Waals surface area contributed by atoms with E-state index in [0.717, 1.165) is 24.2 Å². The van der Waals surface area contributed by atoms with E-state index >= 15 is 0 Å². The highest BCUT2D eigenvalue weighted by atomic mass is 32.1. The fourth-order valence-electron chi connectivity index (χ4n) is 4.31. The molecule has 4 atom stereocenters. The van der Waals surface area contributed by atoms with Crippen LogP contribution in [0.25, 0.3) is 0 Å². The number of hydrogen-bond donors (Lipinski definition) is 1. The molecule has 2 aliphatic carbocycles. The van der Waals surface area contributed by atoms with E-state index in [-0.39, 0.29) is 0 Å². The molecule has 0 aliphatic heterocycles. The lowest BCUT2D eigenvalue weighted by atomic mass is 9.88. The summed E-state index contributed by atoms with van der Waals surface area (Å²) in [6.45, 7) is 1.22. The maximum absolute atomic E-state index is 3.90. The summed E-state index contributed by atoms with van der Waals surface area (Å²) < 4.78 is 0. The Morgan fingerprint density at radius 2 is 2.00 bits per heavy atom. The first-order chi connectivity index (χ1) is 10.4. The molecular weight excluding hydrogens is 294 g/mol. The SMILES string of the molecule is c1csc(CC(NCC2CC3CCC2C3)c2cccs2)c1. The largest absolute Gasteiger partial charge is 0.309 e. The molecule has 2 bridgehead atoms. The van der Waals surface area contributed by atoms with E-state index in [2.05, 4.69) is 40.3 Å². The molecule has 0 spiro atoms. The lowest BCUT2D eigenvalue weighted by Crippen LogP contribution is -2.30. The van der Waals surface area contributed by atoms with Crippen molar-refractivity contribution in [3.05, 3.63) is 44.8 Å². The summed E-state index contributed by atoms with van der Waals surface area (Å²) in [4.78, 5) is 2.99. The van der Waals surface area contributed by atoms with Gasteiger partial charge in [0.15, 0.2) is 0 Å². The molecule has 0 saturated heterocycles. The summed E-state index contributed by atoms with van der Waals surface area (Å²) in [5.74, 6) is 3.02. The number of nitrogens with one attached hydrogen (secondary N) is 1. The monoisotopic (exact) mass is 317 g/mol. The average molecular weight is 318 g/mol. The first-order valence-electron chi connectivity index (χ1n) is 8.17. The van der Waals surface area contributed by atoms with Crippen LogP contribution in [0.15, 0.2) is 35.0 Å². The number of hydrogen-bond acceptors (Lipinski definition) is 3. The van der Waals surface area contributed by atoms with Crippen LogP contribution < -0.4 is 5.32 Å². The maximum Gasteiger partial charge on any atom is 0.0463 e. The fourth-order valence-corrected chi connectivity index (χ4v) is 5.87. The predicted octanol–water partition coefficient (Wildman–Crippen LogP) is 5.12. The van der Waals surface area contributed by atoms with Crippen LogP contribution in [-0.2, 0) is 6.42 Å². The molecule has 2 aromatic rings. The third-order valence-electron chi connectivity index (χ3n) is 5.38. The highest BCUT2D eigenvalue weighted by Crippen LogP contribution is 2.48. The summed E-state index contributed by atoms with van der Waals surface area (Å²) >= 11 is 3.78. The highest BCUT2D eigenvalue weighted by molar-refractivity contribution is 7.10. The second kappa shape index (κ2) is 6.23. The minimum Gasteiger partial charge on any atom is -0.309 e. The third kappa shape index (κ3) is 3.10. The van der Waals surface area contributed by atoms with Gasteiger partial charge in [0, 0.05) is 22.2 Å². The van der Waals surface area contributed by atoms with Gasteiger partial charge in [-0.25, -0.2) is 0 Å². The summed E-state index contributed by atoms with van der Waals surface area (Å²) in [6, 6.07) is 9.41. The van der Waals surface area contributed by atoms with Gasteiger partial charge in [0.05, 0.1) is 0 Å². The molecule has 112 valence electrons. The minimum absolute atomic E-state index is 0.503. The average Bonchev–Trinajstić information content (AvgIpc) is 3.28. The van der Waals surface area contributed by atoms with Crippen LogP contribution in [0, 0.1) is 17.8 Å². The van der Waals surface area contributed by atoms with E-state index in [0.29, 0.717) is 6.04 Å². The number of fused-ring (bicyclic) bond motifs is 2. The van der Waals surface area contributed by atoms with Gasteiger partial charge < -0.3 is 5.32 Å². The van der Waals surface area contributed by atoms with Gasteiger partial charge in [-0.2, -0.15) is 0 Å². The molecule has 4 unspecified atom stereocenters. The van der Waals surface area contributed by atoms with E-state index in [1.165, 1.54) is 42.0 Å². The Bertz CT molecular complexity index is 546. The van der Waals surface area contributed by atoms with Crippen molar-refractivity contribution in [1.29, 1.82) is 0 Å². The Kier molecular flexibility index (Phi) is 4.15. The molecule has 0 aromatic carbocycles. The smallest absolute Gasteiger partial charge is 0.0463 e. The van der Waals surface area contributed by atoms with Gasteiger partial charge in [-0.15, -0.1) is 22.7 Å². The Hall–Kier alpha value is -0.640. The maximum atomic E-state index is 3.90. The quantitative estimate of drug-likeness (QED) is 0.780. The predicted molar refractivity (Wildman–Crippen MR) is 92.0 cm³/mol. The van der Waals surface area contributed by atoms with E-state index in [1.54, 1.807) is 0 Å². The molecule has 21 heavy (non-hydrogen) atoms. The van der Waals surface area contributed by atoms with Crippen molar-refractivity contribution in [2.24, 2.45) is 17.8 Å². The third-order valence-corrected chi connectivity index (χ3v) is 7.27. The van der Waals surface area contributed by atoms with Crippen molar-refractivity contribution in [2.45, 2.75) is 38.1 Å². The first-order valence-corrected chi connectivity index (χ1v) is 9.93. The van der Waals surface area contributed by atoms with E-state index in [9.17, 15) is 0 Å². The Morgan fingerprint density at radius 1 is 1.10 bits per heavy atom. The van der Waals surface area contributed by atoms with Crippen LogP contribution in [0.3, 0.4) is 0 Å². The molecule has 1 nitrogen and oxygen atoms in total. The van der Waals surface area contributed by atoms with Crippen LogP contribution in [0.2, 0.25) is 0 Å². The molecule has 2 aliphatic rings. The zero-order valence-corrected chi connectivity index (χ0v) is 14.0. The molecule has 4 rings (SSSR count). The van der Waals surface area contributed by atoms with Crippen LogP contribution in [-0.4, -0.2) is 6.54 Å². The van der Waals surface area contributed by atoms with Crippen molar-refractivity contribution in [3.8, 4) is 0 Å². The minimum atomic E-state index is 0.503. The fraction of sp³-hybridized carbons (Fsp3) is 0.556. The van der Waals surface area contributed by atoms with Crippen LogP contribution in [0.1, 0.15) is 41.5 Å². The summed E-state index contributed by atoms with van der Waals surface area (Å²) in [5, 5.41) is 8.30. The Morgan fingerprint density at radius 3 is 2.67 bits per heavy atom. The van der Waals surface area contributed by atoms with Crippen LogP contribution >= 0.6 is 22.7 Å². The lowest BCUT2D eigenvalue weighted by Gasteiger charge is -2.25. The molecule has 1 N–H and O–H groups in total. The van der Waals surface area contributed by atoms with Crippen molar-refractivity contribution >= 4 is 22.7 Å². The molecule has 2 saturated carbocycles. The molecule has 2 aromatic heterocycles. The van der Waals surface area contributed by atoms with Gasteiger partial charge in [-0.05, 0) is 66.5 Å². The Labute approximate surface area is 135 Å². The van der Waals surface area contributed by atoms with E-state index in [1.807, 2.05) is 22.7 Å². The Balaban J connectivity index is 1.40. The summed E-state index contributed by atoms with van der Waals surface area (Å²) in [6.07, 6.45) is 7.13. The molecule has 3 heteroatoms. The van der Waals surface area contributed by atoms with E-state index < -0.39 is 0 Å². The number of thiophene rings is 2. The van der Waals surface area contributed by atoms with Gasteiger partial charge in [0.1, 0.15) is 0 Å². The molecule has 2 fully saturated rings. The second-order valence-corrected chi connectivity index (χ2v) is 8.71. The van der Waals surface area contributed by atoms with Crippen molar-refractivity contribution in [2.75, 3.05) is 6.54 Å². The van der Waals surface area contributed by atoms with Crippen molar-refractivity contribution < 1.29 is 0 Å². The van der Waals surface area contributed by atoms with Crippen molar-refractivity contribution in [3.63, 3.8) is 0 Å². The van der Waals surface area contributed by atoms with Crippen molar-refractivity contribution in [1.82, 2.24) is 5.32 Å². The van der Waals surface area contributed by atoms with Crippen LogP contribution in [0.5, 0.6) is 0 Å². The second-order valence-electron chi connectivity index (χ2n) is 6.69. The highest BCUT2D eigenvalue weighted by Gasteiger charge is 2.39. The summed E-state index contributed by atoms with van der Waals surface area (Å²) in [7, 11) is 0. The standard InChI is InChI=1S/C18H23NS2/c1-3-16(20-7-1)11-17(18-4-2-8-21-18)19-12-15-10-13-5-6-14(15)9-13/h1-4,7-8,13-15,17,19H,5-6,9-12H2. The zero-order chi connectivity index (χ0) is 14.1. The van der Waals surface area contributed by atoms with Gasteiger partial charge in [0.2, 0.25) is 0 Å². The topological polar surface area (TPSA) is 12.0 Å². The van der Waals surface area contributed by atoms with Gasteiger partial charge in [0.25, 0.3) is 0 Å².